The molecule has 0 unspecified atom stereocenters. The van der Waals surface area contributed by atoms with Gasteiger partial charge < -0.3 is 4.90 Å². The standard InChI is InChI=1S/C21H31N3O3S/c1-15(2)28(26,27)22-11-7-13-24-17-9-4-3-8-16(17)20-19(25)14-23-12-6-5-10-18(23)21(20)24/h3-4,8-9,15,18,20-22H,5-7,10-14H2,1-2H3/t18-,20-,21+/m0/s1. The normalized spacial score (nSPS) is 27.6. The number of fused-ring (bicyclic) bond motifs is 5. The zero-order chi connectivity index (χ0) is 19.9. The van der Waals surface area contributed by atoms with Crippen molar-refractivity contribution in [2.75, 3.05) is 31.1 Å². The van der Waals surface area contributed by atoms with Crippen LogP contribution in [0.1, 0.15) is 51.0 Å². The second-order valence-corrected chi connectivity index (χ2v) is 10.9. The van der Waals surface area contributed by atoms with Crippen molar-refractivity contribution in [2.24, 2.45) is 0 Å². The Balaban J connectivity index is 1.54. The molecule has 3 atom stereocenters. The first-order valence-electron chi connectivity index (χ1n) is 10.5. The zero-order valence-corrected chi connectivity index (χ0v) is 17.6. The minimum absolute atomic E-state index is 0.0390. The van der Waals surface area contributed by atoms with Crippen LogP contribution in [0.5, 0.6) is 0 Å². The number of nitrogens with zero attached hydrogens (tertiary/aromatic N) is 2. The largest absolute Gasteiger partial charge is 0.366 e. The predicted octanol–water partition coefficient (Wildman–Crippen LogP) is 2.11. The van der Waals surface area contributed by atoms with Crippen molar-refractivity contribution in [2.45, 2.75) is 62.8 Å². The Morgan fingerprint density at radius 2 is 2.00 bits per heavy atom. The van der Waals surface area contributed by atoms with Crippen LogP contribution in [0.4, 0.5) is 5.69 Å². The van der Waals surface area contributed by atoms with Crippen LogP contribution in [0.2, 0.25) is 0 Å². The van der Waals surface area contributed by atoms with Crippen LogP contribution in [0, 0.1) is 0 Å². The number of para-hydroxylation sites is 1. The maximum Gasteiger partial charge on any atom is 0.213 e. The van der Waals surface area contributed by atoms with Crippen molar-refractivity contribution in [1.82, 2.24) is 9.62 Å². The number of hydrogen-bond acceptors (Lipinski definition) is 5. The van der Waals surface area contributed by atoms with Gasteiger partial charge in [0.25, 0.3) is 0 Å². The zero-order valence-electron chi connectivity index (χ0n) is 16.8. The van der Waals surface area contributed by atoms with Crippen LogP contribution in [0.25, 0.3) is 0 Å². The summed E-state index contributed by atoms with van der Waals surface area (Å²) >= 11 is 0. The quantitative estimate of drug-likeness (QED) is 0.734. The monoisotopic (exact) mass is 405 g/mol. The Kier molecular flexibility index (Phi) is 5.51. The Bertz CT molecular complexity index is 839. The van der Waals surface area contributed by atoms with Gasteiger partial charge in [-0.25, -0.2) is 13.1 Å². The SMILES string of the molecule is CC(C)S(=O)(=O)NCCCN1c2ccccc2[C@H]2C(=O)CN3CCCC[C@H]3[C@H]21. The van der Waals surface area contributed by atoms with Gasteiger partial charge >= 0.3 is 0 Å². The van der Waals surface area contributed by atoms with Crippen LogP contribution in [-0.2, 0) is 14.8 Å². The highest BCUT2D eigenvalue weighted by molar-refractivity contribution is 7.90. The Hall–Kier alpha value is -1.44. The molecule has 1 aromatic carbocycles. The van der Waals surface area contributed by atoms with E-state index in [4.69, 9.17) is 0 Å². The third kappa shape index (κ3) is 3.48. The van der Waals surface area contributed by atoms with Crippen molar-refractivity contribution in [3.63, 3.8) is 0 Å². The molecule has 3 aliphatic rings. The van der Waals surface area contributed by atoms with Gasteiger partial charge in [0.05, 0.1) is 23.8 Å². The molecule has 0 aliphatic carbocycles. The lowest BCUT2D eigenvalue weighted by Gasteiger charge is -2.48. The molecule has 0 aromatic heterocycles. The fourth-order valence-electron chi connectivity index (χ4n) is 5.13. The average molecular weight is 406 g/mol. The molecule has 1 N–H and O–H groups in total. The molecular formula is C21H31N3O3S. The number of carbonyl (C=O) groups excluding carboxylic acids is 1. The molecule has 0 amide bonds. The van der Waals surface area contributed by atoms with Gasteiger partial charge in [0.15, 0.2) is 5.78 Å². The maximum atomic E-state index is 13.0. The van der Waals surface area contributed by atoms with Gasteiger partial charge in [-0.05, 0) is 51.3 Å². The molecule has 2 fully saturated rings. The van der Waals surface area contributed by atoms with E-state index in [1.807, 2.05) is 12.1 Å². The van der Waals surface area contributed by atoms with Gasteiger partial charge in [0.1, 0.15) is 0 Å². The number of rotatable bonds is 6. The molecular weight excluding hydrogens is 374 g/mol. The van der Waals surface area contributed by atoms with Crippen molar-refractivity contribution in [3.8, 4) is 0 Å². The lowest BCUT2D eigenvalue weighted by Crippen LogP contribution is -2.61. The highest BCUT2D eigenvalue weighted by atomic mass is 32.2. The van der Waals surface area contributed by atoms with Gasteiger partial charge in [-0.15, -0.1) is 0 Å². The fourth-order valence-corrected chi connectivity index (χ4v) is 5.89. The van der Waals surface area contributed by atoms with E-state index in [9.17, 15) is 13.2 Å². The smallest absolute Gasteiger partial charge is 0.213 e. The van der Waals surface area contributed by atoms with Crippen molar-refractivity contribution in [3.05, 3.63) is 29.8 Å². The van der Waals surface area contributed by atoms with E-state index in [2.05, 4.69) is 26.7 Å². The first kappa shape index (κ1) is 19.9. The van der Waals surface area contributed by atoms with E-state index in [0.29, 0.717) is 24.9 Å². The first-order chi connectivity index (χ1) is 13.4. The van der Waals surface area contributed by atoms with Crippen molar-refractivity contribution < 1.29 is 13.2 Å². The lowest BCUT2D eigenvalue weighted by molar-refractivity contribution is -0.126. The molecule has 4 rings (SSSR count). The number of carbonyl (C=O) groups is 1. The Morgan fingerprint density at radius 3 is 2.79 bits per heavy atom. The molecule has 0 spiro atoms. The highest BCUT2D eigenvalue weighted by Gasteiger charge is 2.51. The number of piperidine rings is 2. The number of anilines is 1. The molecule has 154 valence electrons. The summed E-state index contributed by atoms with van der Waals surface area (Å²) in [5, 5.41) is -0.420. The molecule has 1 aromatic rings. The molecule has 0 radical (unpaired) electrons. The Morgan fingerprint density at radius 1 is 1.21 bits per heavy atom. The minimum Gasteiger partial charge on any atom is -0.366 e. The van der Waals surface area contributed by atoms with Gasteiger partial charge in [-0.1, -0.05) is 24.6 Å². The summed E-state index contributed by atoms with van der Waals surface area (Å²) in [5.74, 6) is 0.293. The number of ketones is 1. The number of hydrogen-bond donors (Lipinski definition) is 1. The maximum absolute atomic E-state index is 13.0. The predicted molar refractivity (Wildman–Crippen MR) is 111 cm³/mol. The minimum atomic E-state index is -3.24. The molecule has 28 heavy (non-hydrogen) atoms. The van der Waals surface area contributed by atoms with Crippen molar-refractivity contribution in [1.29, 1.82) is 0 Å². The second-order valence-electron chi connectivity index (χ2n) is 8.56. The highest BCUT2D eigenvalue weighted by Crippen LogP contribution is 2.47. The number of benzene rings is 1. The Labute approximate surface area is 168 Å². The summed E-state index contributed by atoms with van der Waals surface area (Å²) in [5.41, 5.74) is 2.32. The van der Waals surface area contributed by atoms with Crippen LogP contribution < -0.4 is 9.62 Å². The van der Waals surface area contributed by atoms with Gasteiger partial charge in [-0.2, -0.15) is 0 Å². The lowest BCUT2D eigenvalue weighted by atomic mass is 9.79. The van der Waals surface area contributed by atoms with Crippen molar-refractivity contribution >= 4 is 21.5 Å². The van der Waals surface area contributed by atoms with E-state index in [0.717, 1.165) is 37.2 Å². The van der Waals surface area contributed by atoms with Crippen LogP contribution in [0.3, 0.4) is 0 Å². The summed E-state index contributed by atoms with van der Waals surface area (Å²) in [7, 11) is -3.24. The van der Waals surface area contributed by atoms with Crippen LogP contribution in [-0.4, -0.2) is 62.6 Å². The average Bonchev–Trinajstić information content (AvgIpc) is 3.00. The number of nitrogens with one attached hydrogen (secondary N) is 1. The van der Waals surface area contributed by atoms with E-state index in [1.165, 1.54) is 12.8 Å². The summed E-state index contributed by atoms with van der Waals surface area (Å²) in [6, 6.07) is 8.87. The van der Waals surface area contributed by atoms with E-state index >= 15 is 0 Å². The van der Waals surface area contributed by atoms with Crippen LogP contribution >= 0.6 is 0 Å². The molecule has 3 heterocycles. The van der Waals surface area contributed by atoms with Gasteiger partial charge in [-0.3, -0.25) is 9.69 Å². The topological polar surface area (TPSA) is 69.7 Å². The summed E-state index contributed by atoms with van der Waals surface area (Å²) in [6.45, 7) is 6.15. The summed E-state index contributed by atoms with van der Waals surface area (Å²) in [6.07, 6.45) is 4.26. The molecule has 6 nitrogen and oxygen atoms in total. The summed E-state index contributed by atoms with van der Waals surface area (Å²) < 4.78 is 26.7. The van der Waals surface area contributed by atoms with E-state index < -0.39 is 15.3 Å². The van der Waals surface area contributed by atoms with Gasteiger partial charge in [0.2, 0.25) is 10.0 Å². The first-order valence-corrected chi connectivity index (χ1v) is 12.1. The van der Waals surface area contributed by atoms with Gasteiger partial charge in [0, 0.05) is 24.8 Å². The van der Waals surface area contributed by atoms with Crippen LogP contribution in [0.15, 0.2) is 24.3 Å². The fraction of sp³-hybridized carbons (Fsp3) is 0.667. The molecule has 3 aliphatic heterocycles. The molecule has 2 saturated heterocycles. The van der Waals surface area contributed by atoms with E-state index in [-0.39, 0.29) is 12.0 Å². The number of Topliss-reactive ketones (excluding diaryl/α,β-unsaturated/α-hetero) is 1. The van der Waals surface area contributed by atoms with E-state index in [1.54, 1.807) is 13.8 Å². The molecule has 0 bridgehead atoms. The summed E-state index contributed by atoms with van der Waals surface area (Å²) in [4.78, 5) is 17.8. The number of sulfonamides is 1. The third-order valence-electron chi connectivity index (χ3n) is 6.55. The second kappa shape index (κ2) is 7.76. The molecule has 0 saturated carbocycles. The molecule has 7 heteroatoms. The third-order valence-corrected chi connectivity index (χ3v) is 8.39.